The first-order valence-electron chi connectivity index (χ1n) is 6.01. The number of nitrogen functional groups attached to an aromatic ring is 1. The van der Waals surface area contributed by atoms with Crippen molar-refractivity contribution in [3.8, 4) is 0 Å². The summed E-state index contributed by atoms with van der Waals surface area (Å²) in [4.78, 5) is 2.22. The summed E-state index contributed by atoms with van der Waals surface area (Å²) < 4.78 is 1.00. The minimum Gasteiger partial charge on any atom is -0.397 e. The van der Waals surface area contributed by atoms with Crippen molar-refractivity contribution in [3.63, 3.8) is 0 Å². The highest BCUT2D eigenvalue weighted by atomic mass is 79.9. The predicted octanol–water partition coefficient (Wildman–Crippen LogP) is 4.50. The van der Waals surface area contributed by atoms with E-state index in [1.54, 1.807) is 0 Å². The molecule has 0 aliphatic heterocycles. The Labute approximate surface area is 117 Å². The highest BCUT2D eigenvalue weighted by Crippen LogP contribution is 2.32. The molecule has 0 aromatic heterocycles. The quantitative estimate of drug-likeness (QED) is 0.846. The van der Waals surface area contributed by atoms with E-state index in [1.807, 2.05) is 18.2 Å². The number of hydrogen-bond donors (Lipinski definition) is 1. The van der Waals surface area contributed by atoms with Gasteiger partial charge in [-0.3, -0.25) is 0 Å². The van der Waals surface area contributed by atoms with Crippen LogP contribution in [-0.2, 0) is 0 Å². The van der Waals surface area contributed by atoms with Crippen LogP contribution in [0, 0.1) is 6.92 Å². The summed E-state index contributed by atoms with van der Waals surface area (Å²) in [7, 11) is 0. The number of hydrogen-bond acceptors (Lipinski definition) is 2. The van der Waals surface area contributed by atoms with E-state index in [4.69, 9.17) is 5.73 Å². The summed E-state index contributed by atoms with van der Waals surface area (Å²) in [6.45, 7) is 5.11. The Hall–Kier alpha value is -1.48. The van der Waals surface area contributed by atoms with Crippen LogP contribution in [-0.4, -0.2) is 6.54 Å². The zero-order chi connectivity index (χ0) is 13.1. The Morgan fingerprint density at radius 1 is 1.17 bits per heavy atom. The molecule has 0 atom stereocenters. The molecule has 2 rings (SSSR count). The SMILES string of the molecule is CCN(c1cccc(C)c1)c1ccc(Br)cc1N. The second-order valence-electron chi connectivity index (χ2n) is 4.29. The maximum atomic E-state index is 6.10. The minimum atomic E-state index is 0.785. The lowest BCUT2D eigenvalue weighted by Crippen LogP contribution is -2.17. The number of nitrogens with two attached hydrogens (primary N) is 1. The first kappa shape index (κ1) is 13.0. The molecule has 94 valence electrons. The average Bonchev–Trinajstić information content (AvgIpc) is 2.33. The Kier molecular flexibility index (Phi) is 3.92. The fourth-order valence-electron chi connectivity index (χ4n) is 2.06. The lowest BCUT2D eigenvalue weighted by Gasteiger charge is -2.25. The maximum absolute atomic E-state index is 6.10. The van der Waals surface area contributed by atoms with Crippen molar-refractivity contribution in [3.05, 3.63) is 52.5 Å². The summed E-state index contributed by atoms with van der Waals surface area (Å²) in [5.41, 5.74) is 10.4. The monoisotopic (exact) mass is 304 g/mol. The van der Waals surface area contributed by atoms with E-state index < -0.39 is 0 Å². The van der Waals surface area contributed by atoms with Gasteiger partial charge in [0.2, 0.25) is 0 Å². The molecule has 2 nitrogen and oxygen atoms in total. The lowest BCUT2D eigenvalue weighted by atomic mass is 10.1. The number of nitrogens with zero attached hydrogens (tertiary/aromatic N) is 1. The number of benzene rings is 2. The van der Waals surface area contributed by atoms with Crippen molar-refractivity contribution in [2.45, 2.75) is 13.8 Å². The number of halogens is 1. The summed E-state index contributed by atoms with van der Waals surface area (Å²) in [5, 5.41) is 0. The fourth-order valence-corrected chi connectivity index (χ4v) is 2.44. The smallest absolute Gasteiger partial charge is 0.0645 e. The molecule has 2 aromatic rings. The van der Waals surface area contributed by atoms with Gasteiger partial charge in [-0.15, -0.1) is 0 Å². The first-order valence-corrected chi connectivity index (χ1v) is 6.80. The van der Waals surface area contributed by atoms with Crippen LogP contribution in [0.2, 0.25) is 0 Å². The first-order chi connectivity index (χ1) is 8.61. The molecule has 0 radical (unpaired) electrons. The van der Waals surface area contributed by atoms with Crippen LogP contribution < -0.4 is 10.6 Å². The van der Waals surface area contributed by atoms with Gasteiger partial charge in [0.05, 0.1) is 11.4 Å². The topological polar surface area (TPSA) is 29.3 Å². The van der Waals surface area contributed by atoms with E-state index in [-0.39, 0.29) is 0 Å². The Morgan fingerprint density at radius 3 is 2.56 bits per heavy atom. The molecular weight excluding hydrogens is 288 g/mol. The highest BCUT2D eigenvalue weighted by Gasteiger charge is 2.10. The number of anilines is 3. The van der Waals surface area contributed by atoms with Crippen LogP contribution in [0.4, 0.5) is 17.1 Å². The van der Waals surface area contributed by atoms with Gasteiger partial charge < -0.3 is 10.6 Å². The van der Waals surface area contributed by atoms with E-state index in [2.05, 4.69) is 58.9 Å². The Balaban J connectivity index is 2.45. The van der Waals surface area contributed by atoms with Crippen LogP contribution in [0.25, 0.3) is 0 Å². The summed E-state index contributed by atoms with van der Waals surface area (Å²) in [6, 6.07) is 14.5. The largest absolute Gasteiger partial charge is 0.397 e. The molecule has 0 spiro atoms. The number of rotatable bonds is 3. The van der Waals surface area contributed by atoms with Crippen molar-refractivity contribution in [1.29, 1.82) is 0 Å². The van der Waals surface area contributed by atoms with Gasteiger partial charge >= 0.3 is 0 Å². The van der Waals surface area contributed by atoms with Crippen LogP contribution in [0.15, 0.2) is 46.9 Å². The molecular formula is C15H17BrN2. The lowest BCUT2D eigenvalue weighted by molar-refractivity contribution is 1.02. The molecule has 0 aliphatic rings. The zero-order valence-corrected chi connectivity index (χ0v) is 12.2. The Morgan fingerprint density at radius 2 is 1.94 bits per heavy atom. The normalized spacial score (nSPS) is 10.4. The second kappa shape index (κ2) is 5.44. The third-order valence-electron chi connectivity index (χ3n) is 2.91. The molecule has 2 N–H and O–H groups in total. The zero-order valence-electron chi connectivity index (χ0n) is 10.7. The van der Waals surface area contributed by atoms with Gasteiger partial charge in [-0.05, 0) is 49.7 Å². The van der Waals surface area contributed by atoms with Gasteiger partial charge in [0.25, 0.3) is 0 Å². The van der Waals surface area contributed by atoms with Gasteiger partial charge in [0.15, 0.2) is 0 Å². The fraction of sp³-hybridized carbons (Fsp3) is 0.200. The third kappa shape index (κ3) is 2.67. The van der Waals surface area contributed by atoms with Gasteiger partial charge in [-0.2, -0.15) is 0 Å². The van der Waals surface area contributed by atoms with Crippen LogP contribution in [0.3, 0.4) is 0 Å². The van der Waals surface area contributed by atoms with Crippen LogP contribution in [0.1, 0.15) is 12.5 Å². The van der Waals surface area contributed by atoms with Crippen molar-refractivity contribution >= 4 is 33.0 Å². The van der Waals surface area contributed by atoms with Gasteiger partial charge in [0.1, 0.15) is 0 Å². The molecule has 0 saturated heterocycles. The summed E-state index contributed by atoms with van der Waals surface area (Å²) in [5.74, 6) is 0. The van der Waals surface area contributed by atoms with Crippen molar-refractivity contribution in [2.75, 3.05) is 17.2 Å². The van der Waals surface area contributed by atoms with Gasteiger partial charge in [-0.1, -0.05) is 28.1 Å². The summed E-state index contributed by atoms with van der Waals surface area (Å²) in [6.07, 6.45) is 0. The number of aryl methyl sites for hydroxylation is 1. The third-order valence-corrected chi connectivity index (χ3v) is 3.40. The average molecular weight is 305 g/mol. The molecule has 3 heteroatoms. The second-order valence-corrected chi connectivity index (χ2v) is 5.20. The molecule has 0 heterocycles. The molecule has 0 fully saturated rings. The molecule has 0 saturated carbocycles. The molecule has 0 aliphatic carbocycles. The summed E-state index contributed by atoms with van der Waals surface area (Å²) >= 11 is 3.44. The van der Waals surface area contributed by atoms with E-state index in [1.165, 1.54) is 11.3 Å². The Bertz CT molecular complexity index is 552. The van der Waals surface area contributed by atoms with Crippen molar-refractivity contribution in [1.82, 2.24) is 0 Å². The van der Waals surface area contributed by atoms with E-state index in [0.29, 0.717) is 0 Å². The molecule has 18 heavy (non-hydrogen) atoms. The van der Waals surface area contributed by atoms with Crippen LogP contribution in [0.5, 0.6) is 0 Å². The van der Waals surface area contributed by atoms with E-state index in [0.717, 1.165) is 22.4 Å². The van der Waals surface area contributed by atoms with Gasteiger partial charge in [-0.25, -0.2) is 0 Å². The van der Waals surface area contributed by atoms with Crippen LogP contribution >= 0.6 is 15.9 Å². The van der Waals surface area contributed by atoms with Crippen molar-refractivity contribution in [2.24, 2.45) is 0 Å². The molecule has 0 bridgehead atoms. The van der Waals surface area contributed by atoms with Crippen molar-refractivity contribution < 1.29 is 0 Å². The molecule has 0 unspecified atom stereocenters. The molecule has 0 amide bonds. The van der Waals surface area contributed by atoms with E-state index in [9.17, 15) is 0 Å². The highest BCUT2D eigenvalue weighted by molar-refractivity contribution is 9.10. The predicted molar refractivity (Wildman–Crippen MR) is 82.4 cm³/mol. The molecule has 2 aromatic carbocycles. The maximum Gasteiger partial charge on any atom is 0.0645 e. The minimum absolute atomic E-state index is 0.785. The van der Waals surface area contributed by atoms with Gasteiger partial charge in [0, 0.05) is 16.7 Å². The standard InChI is InChI=1S/C15H17BrN2/c1-3-18(13-6-4-5-11(2)9-13)15-8-7-12(16)10-14(15)17/h4-10H,3,17H2,1-2H3. The van der Waals surface area contributed by atoms with E-state index >= 15 is 0 Å².